The van der Waals surface area contributed by atoms with Crippen LogP contribution in [0.5, 0.6) is 5.75 Å². The number of hydrogen-bond donors (Lipinski definition) is 0. The summed E-state index contributed by atoms with van der Waals surface area (Å²) in [6.45, 7) is 10.8. The van der Waals surface area contributed by atoms with Gasteiger partial charge >= 0.3 is 6.09 Å². The Morgan fingerprint density at radius 1 is 0.759 bits per heavy atom. The molecule has 3 aliphatic heterocycles. The molecule has 0 aliphatic carbocycles. The molecule has 0 saturated carbocycles. The minimum Gasteiger partial charge on any atom is -0.410 e. The number of carbonyl (C=O) groups excluding carboxylic acids is 3. The zero-order valence-corrected chi connectivity index (χ0v) is 33.9. The molecule has 3 aliphatic rings. The SMILES string of the molecule is CCCCN(CCCC)C(=O)c1cn(-c2cc3c(cc2C(=O)N2Cc4ccccc4C[C@H]2CN2CCOCC2)CN(C(=O)Oc2ccccc2)CC3)c2ccccc12. The Kier molecular flexibility index (Phi) is 12.2. The van der Waals surface area contributed by atoms with Crippen LogP contribution in [0.15, 0.2) is 97.2 Å². The Labute approximate surface area is 341 Å². The zero-order valence-electron chi connectivity index (χ0n) is 33.9. The van der Waals surface area contributed by atoms with Crippen molar-refractivity contribution in [2.24, 2.45) is 0 Å². The number of amides is 3. The smallest absolute Gasteiger partial charge is 0.410 e. The van der Waals surface area contributed by atoms with Gasteiger partial charge in [-0.2, -0.15) is 0 Å². The third kappa shape index (κ3) is 8.40. The Hall–Kier alpha value is -5.45. The molecule has 4 aromatic carbocycles. The molecule has 58 heavy (non-hydrogen) atoms. The highest BCUT2D eigenvalue weighted by Crippen LogP contribution is 2.34. The van der Waals surface area contributed by atoms with E-state index in [1.807, 2.05) is 65.7 Å². The number of ether oxygens (including phenoxy) is 2. The molecule has 0 bridgehead atoms. The molecular weight excluding hydrogens is 727 g/mol. The van der Waals surface area contributed by atoms with E-state index < -0.39 is 6.09 Å². The topological polar surface area (TPSA) is 87.6 Å². The number of para-hydroxylation sites is 2. The normalized spacial score (nSPS) is 16.8. The van der Waals surface area contributed by atoms with Crippen LogP contribution in [0, 0.1) is 0 Å². The fourth-order valence-corrected chi connectivity index (χ4v) is 8.73. The maximum absolute atomic E-state index is 15.5. The molecule has 0 N–H and O–H groups in total. The summed E-state index contributed by atoms with van der Waals surface area (Å²) in [6, 6.07) is 29.7. The maximum atomic E-state index is 15.5. The number of nitrogens with zero attached hydrogens (tertiary/aromatic N) is 5. The lowest BCUT2D eigenvalue weighted by Crippen LogP contribution is -2.52. The summed E-state index contributed by atoms with van der Waals surface area (Å²) in [6.07, 6.45) is 6.80. The molecule has 4 heterocycles. The first kappa shape index (κ1) is 39.4. The van der Waals surface area contributed by atoms with Crippen LogP contribution >= 0.6 is 0 Å². The molecule has 0 spiro atoms. The van der Waals surface area contributed by atoms with Gasteiger partial charge in [-0.15, -0.1) is 0 Å². The highest BCUT2D eigenvalue weighted by Gasteiger charge is 2.35. The molecular formula is C48H55N5O5. The van der Waals surface area contributed by atoms with Crippen LogP contribution in [-0.2, 0) is 30.7 Å². The number of carbonyl (C=O) groups is 3. The van der Waals surface area contributed by atoms with Crippen molar-refractivity contribution in [3.8, 4) is 11.4 Å². The van der Waals surface area contributed by atoms with Gasteiger partial charge < -0.3 is 28.7 Å². The van der Waals surface area contributed by atoms with Gasteiger partial charge in [0.15, 0.2) is 0 Å². The first-order chi connectivity index (χ1) is 28.4. The standard InChI is InChI=1S/C48H55N5O5/c1-3-5-21-50(22-6-4-2)46(54)43-34-53(44-19-13-12-18-41(43)44)45-30-36-20-23-51(48(56)58-40-16-8-7-9-17-40)31-38(36)29-42(45)47(55)52-32-37-15-11-10-14-35(37)28-39(52)33-49-24-26-57-27-25-49/h7-19,29-30,34,39H,3-6,20-28,31-33H2,1-2H3/t39-/m0/s1. The highest BCUT2D eigenvalue weighted by atomic mass is 16.6. The quantitative estimate of drug-likeness (QED) is 0.127. The number of benzene rings is 4. The van der Waals surface area contributed by atoms with Gasteiger partial charge in [-0.1, -0.05) is 87.4 Å². The van der Waals surface area contributed by atoms with E-state index in [1.54, 1.807) is 17.0 Å². The Morgan fingerprint density at radius 3 is 2.22 bits per heavy atom. The van der Waals surface area contributed by atoms with E-state index >= 15 is 4.79 Å². The third-order valence-corrected chi connectivity index (χ3v) is 12.0. The Morgan fingerprint density at radius 2 is 1.47 bits per heavy atom. The molecule has 1 fully saturated rings. The van der Waals surface area contributed by atoms with Gasteiger partial charge in [0.05, 0.1) is 35.5 Å². The van der Waals surface area contributed by atoms with E-state index in [-0.39, 0.29) is 17.9 Å². The lowest BCUT2D eigenvalue weighted by Gasteiger charge is -2.41. The maximum Gasteiger partial charge on any atom is 0.415 e. The minimum atomic E-state index is -0.415. The van der Waals surface area contributed by atoms with Crippen molar-refractivity contribution >= 4 is 28.8 Å². The highest BCUT2D eigenvalue weighted by molar-refractivity contribution is 6.08. The lowest BCUT2D eigenvalue weighted by molar-refractivity contribution is 0.0193. The van der Waals surface area contributed by atoms with Gasteiger partial charge in [0.2, 0.25) is 0 Å². The monoisotopic (exact) mass is 781 g/mol. The van der Waals surface area contributed by atoms with Gasteiger partial charge in [0.25, 0.3) is 11.8 Å². The van der Waals surface area contributed by atoms with Gasteiger partial charge in [0, 0.05) is 70.0 Å². The van der Waals surface area contributed by atoms with E-state index in [4.69, 9.17) is 9.47 Å². The minimum absolute atomic E-state index is 0.0217. The number of rotatable bonds is 12. The molecule has 8 rings (SSSR count). The van der Waals surface area contributed by atoms with Crippen LogP contribution < -0.4 is 4.74 Å². The molecule has 1 saturated heterocycles. The predicted octanol–water partition coefficient (Wildman–Crippen LogP) is 8.13. The average molecular weight is 782 g/mol. The zero-order chi connectivity index (χ0) is 40.0. The fraction of sp³-hybridized carbons (Fsp3) is 0.396. The van der Waals surface area contributed by atoms with E-state index in [0.29, 0.717) is 69.2 Å². The second-order valence-electron chi connectivity index (χ2n) is 15.9. The molecule has 1 atom stereocenters. The van der Waals surface area contributed by atoms with Crippen LogP contribution in [0.2, 0.25) is 0 Å². The molecule has 0 unspecified atom stereocenters. The van der Waals surface area contributed by atoms with E-state index in [1.165, 1.54) is 5.56 Å². The van der Waals surface area contributed by atoms with Crippen molar-refractivity contribution < 1.29 is 23.9 Å². The van der Waals surface area contributed by atoms with E-state index in [9.17, 15) is 9.59 Å². The molecule has 302 valence electrons. The van der Waals surface area contributed by atoms with Crippen molar-refractivity contribution in [3.05, 3.63) is 131 Å². The summed E-state index contributed by atoms with van der Waals surface area (Å²) >= 11 is 0. The predicted molar refractivity (Wildman–Crippen MR) is 227 cm³/mol. The summed E-state index contributed by atoms with van der Waals surface area (Å²) in [5.41, 5.74) is 7.24. The Bertz CT molecular complexity index is 2240. The van der Waals surface area contributed by atoms with Crippen LogP contribution in [0.1, 0.15) is 82.5 Å². The average Bonchev–Trinajstić information content (AvgIpc) is 3.65. The second-order valence-corrected chi connectivity index (χ2v) is 15.9. The second kappa shape index (κ2) is 18.0. The number of fused-ring (bicyclic) bond motifs is 3. The van der Waals surface area contributed by atoms with Crippen molar-refractivity contribution in [2.75, 3.05) is 52.5 Å². The number of aromatic nitrogens is 1. The van der Waals surface area contributed by atoms with Gasteiger partial charge in [-0.05, 0) is 78.3 Å². The molecule has 3 amide bonds. The number of morpholine rings is 1. The first-order valence-corrected chi connectivity index (χ1v) is 21.2. The van der Waals surface area contributed by atoms with Crippen molar-refractivity contribution in [2.45, 2.75) is 71.5 Å². The van der Waals surface area contributed by atoms with Crippen LogP contribution in [0.3, 0.4) is 0 Å². The van der Waals surface area contributed by atoms with Crippen molar-refractivity contribution in [3.63, 3.8) is 0 Å². The third-order valence-electron chi connectivity index (χ3n) is 12.0. The molecule has 10 nitrogen and oxygen atoms in total. The van der Waals surface area contributed by atoms with Crippen LogP contribution in [-0.4, -0.2) is 101 Å². The Balaban J connectivity index is 1.22. The van der Waals surface area contributed by atoms with Crippen molar-refractivity contribution in [1.82, 2.24) is 24.2 Å². The van der Waals surface area contributed by atoms with Crippen molar-refractivity contribution in [1.29, 1.82) is 0 Å². The van der Waals surface area contributed by atoms with E-state index in [0.717, 1.165) is 85.0 Å². The molecule has 0 radical (unpaired) electrons. The number of hydrogen-bond acceptors (Lipinski definition) is 6. The van der Waals surface area contributed by atoms with Gasteiger partial charge in [-0.25, -0.2) is 4.79 Å². The summed E-state index contributed by atoms with van der Waals surface area (Å²) in [4.78, 5) is 51.6. The summed E-state index contributed by atoms with van der Waals surface area (Å²) in [5, 5.41) is 0.869. The van der Waals surface area contributed by atoms with Crippen LogP contribution in [0.4, 0.5) is 4.79 Å². The molecule has 5 aromatic rings. The van der Waals surface area contributed by atoms with E-state index in [2.05, 4.69) is 52.5 Å². The first-order valence-electron chi connectivity index (χ1n) is 21.2. The fourth-order valence-electron chi connectivity index (χ4n) is 8.73. The lowest BCUT2D eigenvalue weighted by atomic mass is 9.91. The van der Waals surface area contributed by atoms with Crippen LogP contribution in [0.25, 0.3) is 16.6 Å². The summed E-state index contributed by atoms with van der Waals surface area (Å²) in [5.74, 6) is 0.454. The largest absolute Gasteiger partial charge is 0.415 e. The van der Waals surface area contributed by atoms with Gasteiger partial charge in [0.1, 0.15) is 5.75 Å². The molecule has 1 aromatic heterocycles. The number of unbranched alkanes of at least 4 members (excludes halogenated alkanes) is 2. The summed E-state index contributed by atoms with van der Waals surface area (Å²) in [7, 11) is 0. The van der Waals surface area contributed by atoms with Gasteiger partial charge in [-0.3, -0.25) is 14.5 Å². The summed E-state index contributed by atoms with van der Waals surface area (Å²) < 4.78 is 13.5. The molecule has 10 heteroatoms.